The van der Waals surface area contributed by atoms with Crippen molar-refractivity contribution in [1.29, 1.82) is 0 Å². The molecule has 4 aliphatic carbocycles. The molecule has 4 heteroatoms. The average Bonchev–Trinajstić information content (AvgIpc) is 2.51. The molecule has 4 bridgehead atoms. The van der Waals surface area contributed by atoms with E-state index >= 15 is 0 Å². The molecule has 134 valence electrons. The van der Waals surface area contributed by atoms with Crippen LogP contribution in [0.15, 0.2) is 5.10 Å². The minimum Gasteiger partial charge on any atom is -0.332 e. The molecule has 2 N–H and O–H groups in total. The molecule has 0 atom stereocenters. The van der Waals surface area contributed by atoms with E-state index in [-0.39, 0.29) is 5.91 Å². The predicted octanol–water partition coefficient (Wildman–Crippen LogP) is 2.15. The Labute approximate surface area is 146 Å². The van der Waals surface area contributed by atoms with Crippen molar-refractivity contribution >= 4 is 11.6 Å². The molecule has 5 fully saturated rings. The van der Waals surface area contributed by atoms with E-state index in [1.165, 1.54) is 44.2 Å². The van der Waals surface area contributed by atoms with E-state index in [9.17, 15) is 4.79 Å². The maximum absolute atomic E-state index is 12.5. The number of quaternary nitrogens is 1. The molecule has 0 unspecified atom stereocenters. The Hall–Kier alpha value is -0.900. The lowest BCUT2D eigenvalue weighted by molar-refractivity contribution is -0.922. The zero-order valence-electron chi connectivity index (χ0n) is 15.4. The molecule has 4 saturated carbocycles. The summed E-state index contributed by atoms with van der Waals surface area (Å²) in [6.45, 7) is 6.87. The third-order valence-electron chi connectivity index (χ3n) is 7.33. The zero-order valence-corrected chi connectivity index (χ0v) is 15.4. The van der Waals surface area contributed by atoms with Gasteiger partial charge in [0.15, 0.2) is 0 Å². The van der Waals surface area contributed by atoms with Gasteiger partial charge in [-0.05, 0) is 75.5 Å². The number of amides is 1. The van der Waals surface area contributed by atoms with Crippen LogP contribution in [0.4, 0.5) is 0 Å². The molecule has 24 heavy (non-hydrogen) atoms. The van der Waals surface area contributed by atoms with E-state index in [0.29, 0.717) is 11.5 Å². The smallest absolute Gasteiger partial charge is 0.240 e. The highest BCUT2D eigenvalue weighted by molar-refractivity contribution is 5.87. The van der Waals surface area contributed by atoms with E-state index in [2.05, 4.69) is 24.4 Å². The van der Waals surface area contributed by atoms with Crippen LogP contribution in [0.3, 0.4) is 0 Å². The quantitative estimate of drug-likeness (QED) is 0.762. The summed E-state index contributed by atoms with van der Waals surface area (Å²) in [5.74, 6) is 2.92. The number of carbonyl (C=O) groups is 1. The van der Waals surface area contributed by atoms with Gasteiger partial charge in [-0.25, -0.2) is 5.43 Å². The standard InChI is InChI=1S/C20H33N3O/c1-14(2)23-5-3-18(4-6-23)21-22-19(24)13-20-10-15-7-16(11-20)9-17(8-15)12-20/h14-17H,3-13H2,1-2H3,(H,22,24)/p+1. The van der Waals surface area contributed by atoms with Crippen molar-refractivity contribution in [2.24, 2.45) is 28.3 Å². The monoisotopic (exact) mass is 332 g/mol. The molecular weight excluding hydrogens is 298 g/mol. The Morgan fingerprint density at radius 3 is 2.17 bits per heavy atom. The van der Waals surface area contributed by atoms with E-state index < -0.39 is 0 Å². The van der Waals surface area contributed by atoms with Gasteiger partial charge in [0, 0.05) is 25.0 Å². The van der Waals surface area contributed by atoms with Crippen LogP contribution in [-0.2, 0) is 4.79 Å². The molecule has 0 radical (unpaired) electrons. The lowest BCUT2D eigenvalue weighted by atomic mass is 9.49. The number of hydrazone groups is 1. The highest BCUT2D eigenvalue weighted by Gasteiger charge is 2.51. The summed E-state index contributed by atoms with van der Waals surface area (Å²) in [5.41, 5.74) is 4.43. The van der Waals surface area contributed by atoms with Gasteiger partial charge in [-0.1, -0.05) is 0 Å². The lowest BCUT2D eigenvalue weighted by Gasteiger charge is -2.56. The molecule has 0 spiro atoms. The van der Waals surface area contributed by atoms with Crippen LogP contribution in [0.1, 0.15) is 71.6 Å². The number of nitrogens with zero attached hydrogens (tertiary/aromatic N) is 1. The molecule has 5 aliphatic rings. The maximum Gasteiger partial charge on any atom is 0.240 e. The third-order valence-corrected chi connectivity index (χ3v) is 7.33. The topological polar surface area (TPSA) is 45.9 Å². The Morgan fingerprint density at radius 1 is 1.12 bits per heavy atom. The van der Waals surface area contributed by atoms with Gasteiger partial charge >= 0.3 is 0 Å². The van der Waals surface area contributed by atoms with E-state index in [0.717, 1.165) is 50.1 Å². The van der Waals surface area contributed by atoms with Crippen LogP contribution in [0.25, 0.3) is 0 Å². The van der Waals surface area contributed by atoms with Crippen molar-refractivity contribution in [3.05, 3.63) is 0 Å². The minimum atomic E-state index is 0.170. The first-order chi connectivity index (χ1) is 11.5. The second-order valence-corrected chi connectivity index (χ2v) is 9.62. The number of rotatable bonds is 4. The summed E-state index contributed by atoms with van der Waals surface area (Å²) in [4.78, 5) is 14.2. The van der Waals surface area contributed by atoms with Crippen molar-refractivity contribution in [1.82, 2.24) is 5.43 Å². The van der Waals surface area contributed by atoms with Crippen molar-refractivity contribution in [3.8, 4) is 0 Å². The maximum atomic E-state index is 12.5. The Balaban J connectivity index is 1.29. The summed E-state index contributed by atoms with van der Waals surface area (Å²) in [5, 5.41) is 4.48. The van der Waals surface area contributed by atoms with Crippen LogP contribution < -0.4 is 10.3 Å². The van der Waals surface area contributed by atoms with Gasteiger partial charge < -0.3 is 4.90 Å². The molecule has 1 saturated heterocycles. The number of hydrogen-bond acceptors (Lipinski definition) is 2. The fourth-order valence-corrected chi connectivity index (χ4v) is 6.58. The SMILES string of the molecule is CC(C)[NH+]1CCC(=NNC(=O)CC23CC4CC(CC(C4)C2)C3)CC1. The molecule has 4 nitrogen and oxygen atoms in total. The van der Waals surface area contributed by atoms with Gasteiger partial charge in [0.2, 0.25) is 5.91 Å². The van der Waals surface area contributed by atoms with E-state index in [4.69, 9.17) is 0 Å². The second-order valence-electron chi connectivity index (χ2n) is 9.62. The van der Waals surface area contributed by atoms with Crippen LogP contribution in [-0.4, -0.2) is 30.8 Å². The first-order valence-corrected chi connectivity index (χ1v) is 10.2. The summed E-state index contributed by atoms with van der Waals surface area (Å²) in [6, 6.07) is 0.692. The first-order valence-electron chi connectivity index (χ1n) is 10.2. The van der Waals surface area contributed by atoms with Gasteiger partial charge in [-0.3, -0.25) is 4.79 Å². The highest BCUT2D eigenvalue weighted by atomic mass is 16.2. The number of likely N-dealkylation sites (tertiary alicyclic amines) is 1. The van der Waals surface area contributed by atoms with Gasteiger partial charge in [0.25, 0.3) is 0 Å². The van der Waals surface area contributed by atoms with Gasteiger partial charge in [-0.2, -0.15) is 5.10 Å². The summed E-state index contributed by atoms with van der Waals surface area (Å²) < 4.78 is 0. The normalized spacial score (nSPS) is 40.9. The van der Waals surface area contributed by atoms with Crippen molar-refractivity contribution in [3.63, 3.8) is 0 Å². The summed E-state index contributed by atoms with van der Waals surface area (Å²) >= 11 is 0. The molecule has 5 rings (SSSR count). The molecular formula is C20H34N3O+. The average molecular weight is 333 g/mol. The first kappa shape index (κ1) is 16.6. The molecule has 1 heterocycles. The van der Waals surface area contributed by atoms with Gasteiger partial charge in [0.05, 0.1) is 19.1 Å². The number of carbonyl (C=O) groups excluding carboxylic acids is 1. The second kappa shape index (κ2) is 6.44. The number of piperidine rings is 1. The minimum absolute atomic E-state index is 0.170. The number of hydrogen-bond donors (Lipinski definition) is 2. The van der Waals surface area contributed by atoms with Crippen molar-refractivity contribution in [2.45, 2.75) is 77.7 Å². The highest BCUT2D eigenvalue weighted by Crippen LogP contribution is 2.61. The Kier molecular flexibility index (Phi) is 4.44. The van der Waals surface area contributed by atoms with Gasteiger partial charge in [-0.15, -0.1) is 0 Å². The number of nitrogens with one attached hydrogen (secondary N) is 2. The zero-order chi connectivity index (χ0) is 16.7. The molecule has 0 aromatic rings. The fourth-order valence-electron chi connectivity index (χ4n) is 6.58. The van der Waals surface area contributed by atoms with Crippen LogP contribution in [0, 0.1) is 23.2 Å². The van der Waals surface area contributed by atoms with Gasteiger partial charge in [0.1, 0.15) is 0 Å². The van der Waals surface area contributed by atoms with Crippen molar-refractivity contribution < 1.29 is 9.69 Å². The van der Waals surface area contributed by atoms with Crippen LogP contribution in [0.2, 0.25) is 0 Å². The predicted molar refractivity (Wildman–Crippen MR) is 95.9 cm³/mol. The molecule has 1 amide bonds. The van der Waals surface area contributed by atoms with Crippen molar-refractivity contribution in [2.75, 3.05) is 13.1 Å². The van der Waals surface area contributed by atoms with E-state index in [1.54, 1.807) is 4.90 Å². The lowest BCUT2D eigenvalue weighted by Crippen LogP contribution is -3.16. The van der Waals surface area contributed by atoms with E-state index in [1.807, 2.05) is 0 Å². The third kappa shape index (κ3) is 3.40. The van der Waals surface area contributed by atoms with Crippen LogP contribution in [0.5, 0.6) is 0 Å². The Bertz CT molecular complexity index is 480. The molecule has 0 aromatic carbocycles. The summed E-state index contributed by atoms with van der Waals surface area (Å²) in [6.07, 6.45) is 11.0. The van der Waals surface area contributed by atoms with Crippen LogP contribution >= 0.6 is 0 Å². The largest absolute Gasteiger partial charge is 0.332 e. The fraction of sp³-hybridized carbons (Fsp3) is 0.900. The molecule has 1 aliphatic heterocycles. The summed E-state index contributed by atoms with van der Waals surface area (Å²) in [7, 11) is 0. The Morgan fingerprint density at radius 2 is 1.67 bits per heavy atom. The molecule has 0 aromatic heterocycles.